The van der Waals surface area contributed by atoms with Gasteiger partial charge in [-0.05, 0) is 35.7 Å². The molecule has 4 heteroatoms. The number of para-hydroxylation sites is 2. The van der Waals surface area contributed by atoms with Crippen LogP contribution in [-0.2, 0) is 0 Å². The zero-order chi connectivity index (χ0) is 14.9. The topological polar surface area (TPSA) is 32.7 Å². The van der Waals surface area contributed by atoms with Crippen molar-refractivity contribution >= 4 is 34.5 Å². The molecule has 2 aromatic carbocycles. The van der Waals surface area contributed by atoms with Crippen molar-refractivity contribution in [2.45, 2.75) is 0 Å². The molecule has 0 N–H and O–H groups in total. The minimum atomic E-state index is -0.0165. The molecule has 1 aliphatic rings. The van der Waals surface area contributed by atoms with Crippen molar-refractivity contribution in [3.05, 3.63) is 82.6 Å². The molecule has 1 aromatic heterocycles. The Morgan fingerprint density at radius 3 is 2.27 bits per heavy atom. The third kappa shape index (κ3) is 2.05. The molecule has 3 nitrogen and oxygen atoms in total. The number of benzene rings is 2. The van der Waals surface area contributed by atoms with Crippen LogP contribution < -0.4 is 4.90 Å². The first-order valence-corrected chi connectivity index (χ1v) is 7.84. The van der Waals surface area contributed by atoms with E-state index in [0.29, 0.717) is 5.84 Å². The molecular formula is C18H12N2OS. The number of amidine groups is 1. The zero-order valence-corrected chi connectivity index (χ0v) is 12.5. The number of hydrogen-bond donors (Lipinski definition) is 0. The lowest BCUT2D eigenvalue weighted by molar-refractivity contribution is 0.101. The Kier molecular flexibility index (Phi) is 3.09. The summed E-state index contributed by atoms with van der Waals surface area (Å²) in [5.74, 6) is 0.685. The van der Waals surface area contributed by atoms with Crippen LogP contribution in [0.2, 0.25) is 0 Å². The van der Waals surface area contributed by atoms with Crippen LogP contribution in [-0.4, -0.2) is 11.7 Å². The Labute approximate surface area is 132 Å². The van der Waals surface area contributed by atoms with E-state index in [0.717, 1.165) is 21.8 Å². The maximum Gasteiger partial charge on any atom is 0.265 e. The Morgan fingerprint density at radius 2 is 1.55 bits per heavy atom. The molecule has 0 saturated heterocycles. The quantitative estimate of drug-likeness (QED) is 0.686. The van der Waals surface area contributed by atoms with Crippen molar-refractivity contribution in [1.29, 1.82) is 0 Å². The zero-order valence-electron chi connectivity index (χ0n) is 11.6. The van der Waals surface area contributed by atoms with Gasteiger partial charge in [-0.15, -0.1) is 11.3 Å². The van der Waals surface area contributed by atoms with E-state index in [4.69, 9.17) is 4.99 Å². The van der Waals surface area contributed by atoms with Gasteiger partial charge in [0.25, 0.3) is 5.91 Å². The van der Waals surface area contributed by atoms with E-state index < -0.39 is 0 Å². The van der Waals surface area contributed by atoms with E-state index in [1.165, 1.54) is 0 Å². The highest BCUT2D eigenvalue weighted by Crippen LogP contribution is 2.33. The second-order valence-electron chi connectivity index (χ2n) is 4.91. The summed E-state index contributed by atoms with van der Waals surface area (Å²) in [5.41, 5.74) is 2.40. The van der Waals surface area contributed by atoms with Gasteiger partial charge in [-0.1, -0.05) is 36.4 Å². The number of carbonyl (C=O) groups excluding carboxylic acids is 1. The van der Waals surface area contributed by atoms with E-state index >= 15 is 0 Å². The monoisotopic (exact) mass is 304 g/mol. The van der Waals surface area contributed by atoms with Gasteiger partial charge in [0, 0.05) is 0 Å². The Hall–Kier alpha value is -2.72. The Balaban J connectivity index is 1.89. The molecule has 0 bridgehead atoms. The first-order valence-electron chi connectivity index (χ1n) is 6.96. The fourth-order valence-corrected chi connectivity index (χ4v) is 3.38. The van der Waals surface area contributed by atoms with Gasteiger partial charge in [0.1, 0.15) is 0 Å². The van der Waals surface area contributed by atoms with Crippen LogP contribution in [0, 0.1) is 0 Å². The van der Waals surface area contributed by atoms with Gasteiger partial charge >= 0.3 is 0 Å². The van der Waals surface area contributed by atoms with Crippen LogP contribution in [0.1, 0.15) is 15.2 Å². The summed E-state index contributed by atoms with van der Waals surface area (Å²) < 4.78 is 0. The molecular weight excluding hydrogens is 292 g/mol. The van der Waals surface area contributed by atoms with Crippen molar-refractivity contribution in [2.75, 3.05) is 4.90 Å². The maximum atomic E-state index is 12.7. The molecule has 0 atom stereocenters. The van der Waals surface area contributed by atoms with Gasteiger partial charge in [-0.2, -0.15) is 0 Å². The highest BCUT2D eigenvalue weighted by atomic mass is 32.1. The van der Waals surface area contributed by atoms with Gasteiger partial charge in [-0.25, -0.2) is 4.99 Å². The smallest absolute Gasteiger partial charge is 0.265 e. The molecule has 0 spiro atoms. The fourth-order valence-electron chi connectivity index (χ4n) is 2.51. The first kappa shape index (κ1) is 13.0. The molecule has 0 radical (unpaired) electrons. The molecule has 2 heterocycles. The predicted molar refractivity (Wildman–Crippen MR) is 90.2 cm³/mol. The molecule has 4 rings (SSSR count). The van der Waals surface area contributed by atoms with E-state index in [1.807, 2.05) is 72.1 Å². The standard InChI is InChI=1S/C18H12N2OS/c21-18-15-11-12-22-16(15)17(19-13-7-3-1-4-8-13)20(18)14-9-5-2-6-10-14/h1-12H/b19-17+. The van der Waals surface area contributed by atoms with Crippen molar-refractivity contribution in [1.82, 2.24) is 0 Å². The Bertz CT molecular complexity index is 853. The van der Waals surface area contributed by atoms with Crippen molar-refractivity contribution in [3.8, 4) is 0 Å². The highest BCUT2D eigenvalue weighted by molar-refractivity contribution is 7.13. The second kappa shape index (κ2) is 5.24. The summed E-state index contributed by atoms with van der Waals surface area (Å²) in [6.07, 6.45) is 0. The lowest BCUT2D eigenvalue weighted by Gasteiger charge is -2.17. The summed E-state index contributed by atoms with van der Waals surface area (Å²) in [7, 11) is 0. The normalized spacial score (nSPS) is 15.4. The molecule has 1 aliphatic heterocycles. The highest BCUT2D eigenvalue weighted by Gasteiger charge is 2.36. The number of nitrogens with zero attached hydrogens (tertiary/aromatic N) is 2. The Morgan fingerprint density at radius 1 is 0.864 bits per heavy atom. The number of aliphatic imine (C=N–C) groups is 1. The molecule has 106 valence electrons. The average molecular weight is 304 g/mol. The average Bonchev–Trinajstić information content (AvgIpc) is 3.13. The minimum Gasteiger partial charge on any atom is -0.268 e. The van der Waals surface area contributed by atoms with Crippen molar-refractivity contribution < 1.29 is 4.79 Å². The van der Waals surface area contributed by atoms with E-state index in [2.05, 4.69) is 0 Å². The molecule has 0 aliphatic carbocycles. The number of hydrogen-bond acceptors (Lipinski definition) is 3. The summed E-state index contributed by atoms with van der Waals surface area (Å²) in [5, 5.41) is 1.94. The van der Waals surface area contributed by atoms with Gasteiger partial charge < -0.3 is 0 Å². The minimum absolute atomic E-state index is 0.0165. The number of fused-ring (bicyclic) bond motifs is 1. The molecule has 22 heavy (non-hydrogen) atoms. The van der Waals surface area contributed by atoms with Gasteiger partial charge in [0.05, 0.1) is 21.8 Å². The van der Waals surface area contributed by atoms with E-state index in [-0.39, 0.29) is 5.91 Å². The van der Waals surface area contributed by atoms with Crippen molar-refractivity contribution in [2.24, 2.45) is 4.99 Å². The number of anilines is 1. The molecule has 3 aromatic rings. The largest absolute Gasteiger partial charge is 0.268 e. The SMILES string of the molecule is O=C1c2ccsc2/C(=N\c2ccccc2)N1c1ccccc1. The van der Waals surface area contributed by atoms with E-state index in [1.54, 1.807) is 16.2 Å². The summed E-state index contributed by atoms with van der Waals surface area (Å²) in [6, 6.07) is 21.2. The molecule has 0 unspecified atom stereocenters. The summed E-state index contributed by atoms with van der Waals surface area (Å²) >= 11 is 1.55. The van der Waals surface area contributed by atoms with Gasteiger partial charge in [0.15, 0.2) is 5.84 Å². The van der Waals surface area contributed by atoms with E-state index in [9.17, 15) is 4.79 Å². The lowest BCUT2D eigenvalue weighted by atomic mass is 10.3. The third-order valence-electron chi connectivity index (χ3n) is 3.52. The molecule has 1 amide bonds. The second-order valence-corrected chi connectivity index (χ2v) is 5.83. The van der Waals surface area contributed by atoms with Crippen LogP contribution in [0.25, 0.3) is 0 Å². The lowest BCUT2D eigenvalue weighted by Crippen LogP contribution is -2.30. The number of carbonyl (C=O) groups is 1. The number of thiophene rings is 1. The van der Waals surface area contributed by atoms with Crippen LogP contribution in [0.5, 0.6) is 0 Å². The van der Waals surface area contributed by atoms with Gasteiger partial charge in [-0.3, -0.25) is 9.69 Å². The van der Waals surface area contributed by atoms with Crippen LogP contribution in [0.3, 0.4) is 0 Å². The summed E-state index contributed by atoms with van der Waals surface area (Å²) in [6.45, 7) is 0. The van der Waals surface area contributed by atoms with Crippen LogP contribution in [0.15, 0.2) is 77.1 Å². The van der Waals surface area contributed by atoms with Crippen LogP contribution >= 0.6 is 11.3 Å². The van der Waals surface area contributed by atoms with Crippen molar-refractivity contribution in [3.63, 3.8) is 0 Å². The maximum absolute atomic E-state index is 12.7. The molecule has 0 saturated carbocycles. The fraction of sp³-hybridized carbons (Fsp3) is 0. The number of amides is 1. The number of rotatable bonds is 2. The summed E-state index contributed by atoms with van der Waals surface area (Å²) in [4.78, 5) is 20.0. The van der Waals surface area contributed by atoms with Gasteiger partial charge in [0.2, 0.25) is 0 Å². The first-order chi connectivity index (χ1) is 10.8. The third-order valence-corrected chi connectivity index (χ3v) is 4.43. The predicted octanol–water partition coefficient (Wildman–Crippen LogP) is 4.49. The molecule has 0 fully saturated rings. The van der Waals surface area contributed by atoms with Crippen LogP contribution in [0.4, 0.5) is 11.4 Å².